The van der Waals surface area contributed by atoms with Crippen LogP contribution in [0.4, 0.5) is 5.13 Å². The smallest absolute Gasteiger partial charge is 0.301 e. The summed E-state index contributed by atoms with van der Waals surface area (Å²) >= 11 is 8.71. The van der Waals surface area contributed by atoms with Crippen molar-refractivity contribution >= 4 is 57.3 Å². The summed E-state index contributed by atoms with van der Waals surface area (Å²) in [5.74, 6) is -1.08. The predicted octanol–water partition coefficient (Wildman–Crippen LogP) is 7.41. The first kappa shape index (κ1) is 27.1. The van der Waals surface area contributed by atoms with Gasteiger partial charge in [0.25, 0.3) is 5.78 Å². The Hall–Kier alpha value is -3.46. The van der Waals surface area contributed by atoms with Gasteiger partial charge in [-0.2, -0.15) is 0 Å². The third-order valence-corrected chi connectivity index (χ3v) is 8.84. The van der Waals surface area contributed by atoms with E-state index in [1.54, 1.807) is 24.3 Å². The van der Waals surface area contributed by atoms with Crippen molar-refractivity contribution in [3.05, 3.63) is 112 Å². The first-order chi connectivity index (χ1) is 18.6. The van der Waals surface area contributed by atoms with Gasteiger partial charge in [0.1, 0.15) is 5.76 Å². The minimum atomic E-state index is -0.846. The summed E-state index contributed by atoms with van der Waals surface area (Å²) in [5.41, 5.74) is 3.31. The van der Waals surface area contributed by atoms with E-state index in [2.05, 4.69) is 31.0 Å². The lowest BCUT2D eigenvalue weighted by atomic mass is 9.85. The molecule has 1 unspecified atom stereocenters. The van der Waals surface area contributed by atoms with E-state index in [9.17, 15) is 14.7 Å². The highest BCUT2D eigenvalue weighted by Gasteiger charge is 2.48. The molecule has 1 saturated heterocycles. The standard InChI is InChI=1S/C30H26ClN3O3S2/c1-30(2,3)21-13-11-19(12-14-21)24-23(25(35)20-7-5-4-6-8-20)26(36)27(37)34(24)28-32-33-29(39-28)38-17-18-9-15-22(31)16-10-18/h4-16,24,35H,17H2,1-3H3/b25-23-. The second kappa shape index (κ2) is 11.0. The molecule has 2 heterocycles. The van der Waals surface area contributed by atoms with Crippen molar-refractivity contribution in [1.82, 2.24) is 10.2 Å². The molecule has 1 amide bonds. The topological polar surface area (TPSA) is 83.4 Å². The van der Waals surface area contributed by atoms with Gasteiger partial charge in [0.05, 0.1) is 11.6 Å². The summed E-state index contributed by atoms with van der Waals surface area (Å²) in [5, 5.41) is 20.8. The molecule has 9 heteroatoms. The van der Waals surface area contributed by atoms with Crippen molar-refractivity contribution < 1.29 is 14.7 Å². The summed E-state index contributed by atoms with van der Waals surface area (Å²) in [6.45, 7) is 6.36. The number of aliphatic hydroxyl groups is 1. The van der Waals surface area contributed by atoms with E-state index in [-0.39, 0.29) is 16.7 Å². The highest BCUT2D eigenvalue weighted by molar-refractivity contribution is 8.00. The molecule has 39 heavy (non-hydrogen) atoms. The maximum atomic E-state index is 13.4. The third-order valence-electron chi connectivity index (χ3n) is 6.46. The zero-order chi connectivity index (χ0) is 27.7. The van der Waals surface area contributed by atoms with E-state index in [0.717, 1.165) is 11.1 Å². The van der Waals surface area contributed by atoms with E-state index in [0.29, 0.717) is 31.4 Å². The van der Waals surface area contributed by atoms with Gasteiger partial charge in [0.2, 0.25) is 5.13 Å². The Balaban J connectivity index is 1.54. The molecule has 1 atom stereocenters. The quantitative estimate of drug-likeness (QED) is 0.0847. The van der Waals surface area contributed by atoms with Crippen LogP contribution < -0.4 is 4.90 Å². The Morgan fingerprint density at radius 2 is 1.64 bits per heavy atom. The average Bonchev–Trinajstić information content (AvgIpc) is 3.50. The van der Waals surface area contributed by atoms with Crippen LogP contribution in [0.5, 0.6) is 0 Å². The number of hydrogen-bond acceptors (Lipinski definition) is 7. The van der Waals surface area contributed by atoms with Crippen molar-refractivity contribution in [3.63, 3.8) is 0 Å². The average molecular weight is 576 g/mol. The predicted molar refractivity (Wildman–Crippen MR) is 157 cm³/mol. The first-order valence-corrected chi connectivity index (χ1v) is 14.5. The van der Waals surface area contributed by atoms with Crippen LogP contribution in [0.2, 0.25) is 5.02 Å². The SMILES string of the molecule is CC(C)(C)c1ccc(C2/C(=C(/O)c3ccccc3)C(=O)C(=O)N2c2nnc(SCc3ccc(Cl)cc3)s2)cc1. The zero-order valence-corrected chi connectivity index (χ0v) is 24.0. The van der Waals surface area contributed by atoms with Crippen LogP contribution in [0.3, 0.4) is 0 Å². The van der Waals surface area contributed by atoms with Gasteiger partial charge >= 0.3 is 5.91 Å². The van der Waals surface area contributed by atoms with Crippen LogP contribution in [0, 0.1) is 0 Å². The van der Waals surface area contributed by atoms with Gasteiger partial charge in [-0.05, 0) is 34.2 Å². The highest BCUT2D eigenvalue weighted by Crippen LogP contribution is 2.44. The molecule has 4 aromatic rings. The van der Waals surface area contributed by atoms with E-state index >= 15 is 0 Å². The van der Waals surface area contributed by atoms with Gasteiger partial charge in [-0.15, -0.1) is 10.2 Å². The van der Waals surface area contributed by atoms with E-state index in [1.165, 1.54) is 28.0 Å². The van der Waals surface area contributed by atoms with Crippen molar-refractivity contribution in [1.29, 1.82) is 0 Å². The number of ketones is 1. The number of anilines is 1. The molecule has 1 aromatic heterocycles. The Kier molecular flexibility index (Phi) is 7.62. The van der Waals surface area contributed by atoms with Gasteiger partial charge in [0.15, 0.2) is 4.34 Å². The van der Waals surface area contributed by atoms with E-state index in [4.69, 9.17) is 11.6 Å². The van der Waals surface area contributed by atoms with Gasteiger partial charge < -0.3 is 5.11 Å². The normalized spacial score (nSPS) is 17.1. The molecule has 0 radical (unpaired) electrons. The number of carbonyl (C=O) groups excluding carboxylic acids is 2. The largest absolute Gasteiger partial charge is 0.507 e. The maximum absolute atomic E-state index is 13.4. The summed E-state index contributed by atoms with van der Waals surface area (Å²) in [7, 11) is 0. The lowest BCUT2D eigenvalue weighted by Gasteiger charge is -2.24. The fraction of sp³-hybridized carbons (Fsp3) is 0.200. The summed E-state index contributed by atoms with van der Waals surface area (Å²) in [6, 6.07) is 23.3. The molecule has 3 aromatic carbocycles. The number of benzene rings is 3. The van der Waals surface area contributed by atoms with Crippen molar-refractivity contribution in [2.24, 2.45) is 0 Å². The molecule has 6 nitrogen and oxygen atoms in total. The van der Waals surface area contributed by atoms with Crippen molar-refractivity contribution in [2.45, 2.75) is 42.3 Å². The number of thioether (sulfide) groups is 1. The van der Waals surface area contributed by atoms with Crippen LogP contribution in [-0.2, 0) is 20.8 Å². The van der Waals surface area contributed by atoms with Gasteiger partial charge in [-0.25, -0.2) is 0 Å². The lowest BCUT2D eigenvalue weighted by Crippen LogP contribution is -2.29. The number of rotatable bonds is 6. The summed E-state index contributed by atoms with van der Waals surface area (Å²) < 4.78 is 0.659. The molecule has 198 valence electrons. The van der Waals surface area contributed by atoms with Crippen LogP contribution in [0.1, 0.15) is 49.1 Å². The molecule has 1 fully saturated rings. The molecule has 1 N–H and O–H groups in total. The molecule has 1 aliphatic rings. The number of Topliss-reactive ketones (excluding diaryl/α,β-unsaturated/α-hetero) is 1. The van der Waals surface area contributed by atoms with E-state index < -0.39 is 17.7 Å². The third kappa shape index (κ3) is 5.64. The van der Waals surface area contributed by atoms with Gasteiger partial charge in [-0.3, -0.25) is 14.5 Å². The van der Waals surface area contributed by atoms with Crippen molar-refractivity contribution in [2.75, 3.05) is 4.90 Å². The maximum Gasteiger partial charge on any atom is 0.301 e. The highest BCUT2D eigenvalue weighted by atomic mass is 35.5. The van der Waals surface area contributed by atoms with Crippen LogP contribution in [-0.4, -0.2) is 27.0 Å². The number of hydrogen-bond donors (Lipinski definition) is 1. The van der Waals surface area contributed by atoms with E-state index in [1.807, 2.05) is 54.6 Å². The second-order valence-electron chi connectivity index (χ2n) is 10.2. The fourth-order valence-corrected chi connectivity index (χ4v) is 6.30. The van der Waals surface area contributed by atoms with Crippen LogP contribution in [0.15, 0.2) is 88.8 Å². The van der Waals surface area contributed by atoms with Gasteiger partial charge in [0, 0.05) is 16.3 Å². The Morgan fingerprint density at radius 3 is 2.28 bits per heavy atom. The number of halogens is 1. The number of aromatic nitrogens is 2. The molecular weight excluding hydrogens is 550 g/mol. The first-order valence-electron chi connectivity index (χ1n) is 12.3. The minimum absolute atomic E-state index is 0.0280. The van der Waals surface area contributed by atoms with Crippen LogP contribution >= 0.6 is 34.7 Å². The molecule has 0 bridgehead atoms. The Bertz CT molecular complexity index is 1540. The second-order valence-corrected chi connectivity index (χ2v) is 12.8. The zero-order valence-electron chi connectivity index (χ0n) is 21.6. The monoisotopic (exact) mass is 575 g/mol. The van der Waals surface area contributed by atoms with Crippen LogP contribution in [0.25, 0.3) is 5.76 Å². The molecule has 5 rings (SSSR count). The van der Waals surface area contributed by atoms with Gasteiger partial charge in [-0.1, -0.05) is 122 Å². The summed E-state index contributed by atoms with van der Waals surface area (Å²) in [6.07, 6.45) is 0. The molecular formula is C30H26ClN3O3S2. The number of carbonyl (C=O) groups is 2. The number of amides is 1. The minimum Gasteiger partial charge on any atom is -0.507 e. The number of nitrogens with zero attached hydrogens (tertiary/aromatic N) is 3. The molecule has 0 aliphatic carbocycles. The van der Waals surface area contributed by atoms with Crippen molar-refractivity contribution in [3.8, 4) is 0 Å². The number of aliphatic hydroxyl groups excluding tert-OH is 1. The fourth-order valence-electron chi connectivity index (χ4n) is 4.35. The molecule has 0 saturated carbocycles. The Morgan fingerprint density at radius 1 is 0.974 bits per heavy atom. The Labute approximate surface area is 240 Å². The lowest BCUT2D eigenvalue weighted by molar-refractivity contribution is -0.132. The summed E-state index contributed by atoms with van der Waals surface area (Å²) in [4.78, 5) is 28.2. The molecule has 0 spiro atoms. The molecule has 1 aliphatic heterocycles.